The highest BCUT2D eigenvalue weighted by Crippen LogP contribution is 2.37. The molecule has 0 heterocycles. The Balaban J connectivity index is 1.59. The molecule has 0 radical (unpaired) electrons. The molecule has 1 N–H and O–H groups in total. The molecule has 3 nitrogen and oxygen atoms in total. The Morgan fingerprint density at radius 2 is 1.44 bits per heavy atom. The van der Waals surface area contributed by atoms with Crippen molar-refractivity contribution in [3.63, 3.8) is 0 Å². The highest BCUT2D eigenvalue weighted by atomic mass is 19.1. The number of hydrogen-bond acceptors (Lipinski definition) is 2. The van der Waals surface area contributed by atoms with Gasteiger partial charge in [-0.05, 0) is 87.7 Å². The van der Waals surface area contributed by atoms with Crippen LogP contribution < -0.4 is 5.32 Å². The van der Waals surface area contributed by atoms with Crippen LogP contribution in [0.4, 0.5) is 8.78 Å². The molecule has 0 spiro atoms. The van der Waals surface area contributed by atoms with Gasteiger partial charge in [0.2, 0.25) is 0 Å². The van der Waals surface area contributed by atoms with E-state index in [2.05, 4.69) is 24.3 Å². The molecule has 144 valence electrons. The molecular formula is C22H26F2N2O. The lowest BCUT2D eigenvalue weighted by atomic mass is 9.78. The van der Waals surface area contributed by atoms with E-state index in [0.29, 0.717) is 11.5 Å². The number of rotatable bonds is 5. The first-order chi connectivity index (χ1) is 12.9. The molecule has 1 fully saturated rings. The van der Waals surface area contributed by atoms with Gasteiger partial charge in [0.25, 0.3) is 5.91 Å². The molecule has 2 aromatic rings. The van der Waals surface area contributed by atoms with Crippen molar-refractivity contribution in [1.29, 1.82) is 0 Å². The number of carbonyl (C=O) groups excluding carboxylic acids is 1. The van der Waals surface area contributed by atoms with Gasteiger partial charge in [-0.1, -0.05) is 12.1 Å². The van der Waals surface area contributed by atoms with Crippen molar-refractivity contribution in [1.82, 2.24) is 10.2 Å². The summed E-state index contributed by atoms with van der Waals surface area (Å²) in [4.78, 5) is 14.5. The molecule has 1 atom stereocenters. The zero-order valence-corrected chi connectivity index (χ0v) is 15.8. The summed E-state index contributed by atoms with van der Waals surface area (Å²) in [6.07, 6.45) is 3.80. The number of halogens is 2. The van der Waals surface area contributed by atoms with E-state index in [1.807, 2.05) is 12.1 Å². The molecule has 3 rings (SSSR count). The molecule has 0 aromatic heterocycles. The Morgan fingerprint density at radius 3 is 1.96 bits per heavy atom. The van der Waals surface area contributed by atoms with E-state index in [9.17, 15) is 13.6 Å². The Labute approximate surface area is 159 Å². The lowest BCUT2D eigenvalue weighted by molar-refractivity contribution is 0.0906. The van der Waals surface area contributed by atoms with Crippen molar-refractivity contribution in [2.75, 3.05) is 14.1 Å². The zero-order chi connectivity index (χ0) is 19.4. The average Bonchev–Trinajstić information content (AvgIpc) is 2.65. The molecule has 0 saturated heterocycles. The van der Waals surface area contributed by atoms with Gasteiger partial charge in [-0.2, -0.15) is 0 Å². The monoisotopic (exact) mass is 372 g/mol. The van der Waals surface area contributed by atoms with Crippen LogP contribution in [0.15, 0.2) is 48.5 Å². The maximum absolute atomic E-state index is 13.3. The van der Waals surface area contributed by atoms with Crippen LogP contribution in [0.3, 0.4) is 0 Å². The molecule has 27 heavy (non-hydrogen) atoms. The van der Waals surface area contributed by atoms with E-state index < -0.39 is 0 Å². The number of amides is 1. The summed E-state index contributed by atoms with van der Waals surface area (Å²) in [5, 5.41) is 3.07. The van der Waals surface area contributed by atoms with E-state index in [-0.39, 0.29) is 29.6 Å². The van der Waals surface area contributed by atoms with Crippen LogP contribution in [0, 0.1) is 17.6 Å². The molecule has 5 heteroatoms. The van der Waals surface area contributed by atoms with Crippen molar-refractivity contribution in [3.8, 4) is 0 Å². The van der Waals surface area contributed by atoms with Crippen LogP contribution in [-0.2, 0) is 0 Å². The van der Waals surface area contributed by atoms with Crippen LogP contribution >= 0.6 is 0 Å². The minimum Gasteiger partial charge on any atom is -0.349 e. The Bertz CT molecular complexity index is 751. The fourth-order valence-corrected chi connectivity index (χ4v) is 4.10. The van der Waals surface area contributed by atoms with E-state index in [0.717, 1.165) is 31.2 Å². The van der Waals surface area contributed by atoms with E-state index >= 15 is 0 Å². The van der Waals surface area contributed by atoms with Gasteiger partial charge in [-0.25, -0.2) is 8.78 Å². The first kappa shape index (κ1) is 19.5. The molecule has 1 saturated carbocycles. The second kappa shape index (κ2) is 8.61. The number of benzene rings is 2. The quantitative estimate of drug-likeness (QED) is 0.835. The van der Waals surface area contributed by atoms with E-state index in [1.165, 1.54) is 36.4 Å². The largest absolute Gasteiger partial charge is 0.349 e. The Morgan fingerprint density at radius 1 is 0.926 bits per heavy atom. The summed E-state index contributed by atoms with van der Waals surface area (Å²) in [5.41, 5.74) is 1.61. The standard InChI is InChI=1S/C22H26F2N2O/c1-26(2)21(15-3-9-18(23)10-4-15)16-7-13-20(14-8-16)25-22(27)17-5-11-19(24)12-6-17/h3-6,9-12,16,20-21H,7-8,13-14H2,1-2H3,(H,25,27). The second-order valence-electron chi connectivity index (χ2n) is 7.55. The SMILES string of the molecule is CN(C)C(c1ccc(F)cc1)C1CCC(NC(=O)c2ccc(F)cc2)CC1. The van der Waals surface area contributed by atoms with Crippen molar-refractivity contribution in [2.45, 2.75) is 37.8 Å². The van der Waals surface area contributed by atoms with Gasteiger partial charge >= 0.3 is 0 Å². The van der Waals surface area contributed by atoms with Gasteiger partial charge in [0.05, 0.1) is 0 Å². The van der Waals surface area contributed by atoms with Crippen LogP contribution in [-0.4, -0.2) is 30.9 Å². The third-order valence-electron chi connectivity index (χ3n) is 5.43. The van der Waals surface area contributed by atoms with Crippen molar-refractivity contribution in [3.05, 3.63) is 71.3 Å². The predicted octanol–water partition coefficient (Wildman–Crippen LogP) is 4.56. The summed E-state index contributed by atoms with van der Waals surface area (Å²) in [6, 6.07) is 12.7. The molecule has 1 unspecified atom stereocenters. The topological polar surface area (TPSA) is 32.3 Å². The molecular weight excluding hydrogens is 346 g/mol. The molecule has 1 amide bonds. The molecule has 0 aliphatic heterocycles. The molecule has 2 aromatic carbocycles. The van der Waals surface area contributed by atoms with Crippen LogP contribution in [0.1, 0.15) is 47.6 Å². The van der Waals surface area contributed by atoms with E-state index in [1.54, 1.807) is 0 Å². The lowest BCUT2D eigenvalue weighted by Gasteiger charge is -2.37. The lowest BCUT2D eigenvalue weighted by Crippen LogP contribution is -2.39. The number of nitrogens with one attached hydrogen (secondary N) is 1. The first-order valence-corrected chi connectivity index (χ1v) is 9.42. The maximum Gasteiger partial charge on any atom is 0.251 e. The summed E-state index contributed by atoms with van der Waals surface area (Å²) < 4.78 is 26.3. The molecule has 1 aliphatic carbocycles. The van der Waals surface area contributed by atoms with Crippen LogP contribution in [0.25, 0.3) is 0 Å². The normalized spacial score (nSPS) is 21.1. The number of carbonyl (C=O) groups is 1. The Hall–Kier alpha value is -2.27. The second-order valence-corrected chi connectivity index (χ2v) is 7.55. The highest BCUT2D eigenvalue weighted by Gasteiger charge is 2.30. The van der Waals surface area contributed by atoms with Gasteiger partial charge in [-0.15, -0.1) is 0 Å². The number of nitrogens with zero attached hydrogens (tertiary/aromatic N) is 1. The fraction of sp³-hybridized carbons (Fsp3) is 0.409. The van der Waals surface area contributed by atoms with Crippen LogP contribution in [0.2, 0.25) is 0 Å². The summed E-state index contributed by atoms with van der Waals surface area (Å²) in [5.74, 6) is -0.253. The Kier molecular flexibility index (Phi) is 6.22. The van der Waals surface area contributed by atoms with Gasteiger partial charge in [-0.3, -0.25) is 4.79 Å². The third-order valence-corrected chi connectivity index (χ3v) is 5.43. The van der Waals surface area contributed by atoms with Crippen molar-refractivity contribution < 1.29 is 13.6 Å². The van der Waals surface area contributed by atoms with Crippen molar-refractivity contribution >= 4 is 5.91 Å². The van der Waals surface area contributed by atoms with Gasteiger partial charge in [0.15, 0.2) is 0 Å². The van der Waals surface area contributed by atoms with E-state index in [4.69, 9.17) is 0 Å². The highest BCUT2D eigenvalue weighted by molar-refractivity contribution is 5.94. The van der Waals surface area contributed by atoms with Crippen LogP contribution in [0.5, 0.6) is 0 Å². The summed E-state index contributed by atoms with van der Waals surface area (Å²) in [6.45, 7) is 0. The summed E-state index contributed by atoms with van der Waals surface area (Å²) in [7, 11) is 4.10. The smallest absolute Gasteiger partial charge is 0.251 e. The van der Waals surface area contributed by atoms with Gasteiger partial charge in [0.1, 0.15) is 11.6 Å². The number of hydrogen-bond donors (Lipinski definition) is 1. The first-order valence-electron chi connectivity index (χ1n) is 9.42. The minimum absolute atomic E-state index is 0.134. The maximum atomic E-state index is 13.3. The third kappa shape index (κ3) is 4.92. The van der Waals surface area contributed by atoms with Crippen molar-refractivity contribution in [2.24, 2.45) is 5.92 Å². The molecule has 0 bridgehead atoms. The summed E-state index contributed by atoms with van der Waals surface area (Å²) >= 11 is 0. The average molecular weight is 372 g/mol. The minimum atomic E-state index is -0.345. The predicted molar refractivity (Wildman–Crippen MR) is 102 cm³/mol. The van der Waals surface area contributed by atoms with Gasteiger partial charge < -0.3 is 10.2 Å². The zero-order valence-electron chi connectivity index (χ0n) is 15.8. The fourth-order valence-electron chi connectivity index (χ4n) is 4.10. The molecule has 1 aliphatic rings. The van der Waals surface area contributed by atoms with Gasteiger partial charge in [0, 0.05) is 17.6 Å².